The highest BCUT2D eigenvalue weighted by molar-refractivity contribution is 6.69. The van der Waals surface area contributed by atoms with Gasteiger partial charge in [-0.1, -0.05) is 36.4 Å². The van der Waals surface area contributed by atoms with Crippen molar-refractivity contribution in [2.24, 2.45) is 4.99 Å². The van der Waals surface area contributed by atoms with Gasteiger partial charge in [-0.15, -0.1) is 0 Å². The SMILES string of the molecule is C[Si](C)(C)OC(CN=Cc1cccnc1)c1ccccc1. The molecule has 0 aliphatic carbocycles. The summed E-state index contributed by atoms with van der Waals surface area (Å²) in [6.45, 7) is 7.23. The zero-order chi connectivity index (χ0) is 15.1. The summed E-state index contributed by atoms with van der Waals surface area (Å²) in [4.78, 5) is 8.62. The highest BCUT2D eigenvalue weighted by Crippen LogP contribution is 2.22. The predicted octanol–water partition coefficient (Wildman–Crippen LogP) is 4.09. The molecule has 0 aliphatic heterocycles. The molecule has 21 heavy (non-hydrogen) atoms. The maximum absolute atomic E-state index is 6.27. The second kappa shape index (κ2) is 7.29. The maximum atomic E-state index is 6.27. The first-order valence-corrected chi connectivity index (χ1v) is 10.6. The lowest BCUT2D eigenvalue weighted by atomic mass is 10.1. The summed E-state index contributed by atoms with van der Waals surface area (Å²) in [5, 5.41) is 0. The molecular weight excluding hydrogens is 276 g/mol. The summed E-state index contributed by atoms with van der Waals surface area (Å²) in [6.07, 6.45) is 5.45. The summed E-state index contributed by atoms with van der Waals surface area (Å²) in [7, 11) is -1.62. The van der Waals surface area contributed by atoms with Crippen molar-refractivity contribution in [2.75, 3.05) is 6.54 Å². The molecule has 2 aromatic rings. The topological polar surface area (TPSA) is 34.5 Å². The Bertz CT molecular complexity index is 564. The van der Waals surface area contributed by atoms with E-state index in [1.54, 1.807) is 12.4 Å². The van der Waals surface area contributed by atoms with E-state index in [-0.39, 0.29) is 6.10 Å². The van der Waals surface area contributed by atoms with Gasteiger partial charge in [0.25, 0.3) is 0 Å². The quantitative estimate of drug-likeness (QED) is 0.594. The summed E-state index contributed by atoms with van der Waals surface area (Å²) in [5.74, 6) is 0. The number of aliphatic imine (C=N–C) groups is 1. The van der Waals surface area contributed by atoms with E-state index in [0.717, 1.165) is 5.56 Å². The first-order chi connectivity index (χ1) is 10.0. The van der Waals surface area contributed by atoms with Crippen LogP contribution in [0.25, 0.3) is 0 Å². The van der Waals surface area contributed by atoms with Crippen LogP contribution in [0.3, 0.4) is 0 Å². The normalized spacial score (nSPS) is 13.5. The lowest BCUT2D eigenvalue weighted by Crippen LogP contribution is -2.29. The Balaban J connectivity index is 2.08. The number of rotatable bonds is 6. The Hall–Kier alpha value is -1.78. The van der Waals surface area contributed by atoms with Crippen molar-refractivity contribution in [1.29, 1.82) is 0 Å². The van der Waals surface area contributed by atoms with E-state index >= 15 is 0 Å². The molecule has 0 amide bonds. The molecule has 0 saturated carbocycles. The lowest BCUT2D eigenvalue weighted by Gasteiger charge is -2.25. The van der Waals surface area contributed by atoms with Crippen LogP contribution >= 0.6 is 0 Å². The van der Waals surface area contributed by atoms with E-state index in [4.69, 9.17) is 4.43 Å². The highest BCUT2D eigenvalue weighted by atomic mass is 28.4. The van der Waals surface area contributed by atoms with Crippen molar-refractivity contribution in [3.63, 3.8) is 0 Å². The molecule has 1 unspecified atom stereocenters. The van der Waals surface area contributed by atoms with Gasteiger partial charge in [0, 0.05) is 24.2 Å². The largest absolute Gasteiger partial charge is 0.409 e. The molecule has 0 fully saturated rings. The van der Waals surface area contributed by atoms with Crippen molar-refractivity contribution in [2.45, 2.75) is 25.7 Å². The van der Waals surface area contributed by atoms with Crippen LogP contribution in [0.4, 0.5) is 0 Å². The van der Waals surface area contributed by atoms with Gasteiger partial charge in [-0.25, -0.2) is 0 Å². The van der Waals surface area contributed by atoms with Gasteiger partial charge in [0.15, 0.2) is 8.32 Å². The summed E-state index contributed by atoms with van der Waals surface area (Å²) in [5.41, 5.74) is 2.19. The predicted molar refractivity (Wildman–Crippen MR) is 90.3 cm³/mol. The molecular formula is C17H22N2OSi. The van der Waals surface area contributed by atoms with Gasteiger partial charge >= 0.3 is 0 Å². The fourth-order valence-corrected chi connectivity index (χ4v) is 3.08. The number of benzene rings is 1. The third-order valence-corrected chi connectivity index (χ3v) is 3.85. The monoisotopic (exact) mass is 298 g/mol. The van der Waals surface area contributed by atoms with Crippen LogP contribution in [0.5, 0.6) is 0 Å². The zero-order valence-electron chi connectivity index (χ0n) is 12.9. The van der Waals surface area contributed by atoms with Crippen molar-refractivity contribution in [3.8, 4) is 0 Å². The molecule has 0 bridgehead atoms. The van der Waals surface area contributed by atoms with Crippen LogP contribution in [0, 0.1) is 0 Å². The molecule has 1 atom stereocenters. The van der Waals surface area contributed by atoms with Crippen molar-refractivity contribution >= 4 is 14.5 Å². The molecule has 2 rings (SSSR count). The van der Waals surface area contributed by atoms with Gasteiger partial charge in [-0.05, 0) is 31.3 Å². The minimum absolute atomic E-state index is 0.0192. The summed E-state index contributed by atoms with van der Waals surface area (Å²) in [6, 6.07) is 14.2. The highest BCUT2D eigenvalue weighted by Gasteiger charge is 2.21. The fraction of sp³-hybridized carbons (Fsp3) is 0.294. The van der Waals surface area contributed by atoms with Crippen molar-refractivity contribution < 1.29 is 4.43 Å². The number of hydrogen-bond acceptors (Lipinski definition) is 3. The first kappa shape index (κ1) is 15.6. The Labute approximate surface area is 127 Å². The van der Waals surface area contributed by atoms with Gasteiger partial charge in [-0.2, -0.15) is 0 Å². The Morgan fingerprint density at radius 1 is 1.14 bits per heavy atom. The molecule has 0 spiro atoms. The standard InChI is InChI=1S/C17H22N2OSi/c1-21(2,3)20-17(16-9-5-4-6-10-16)14-19-13-15-8-7-11-18-12-15/h4-13,17H,14H2,1-3H3. The molecule has 1 heterocycles. The van der Waals surface area contributed by atoms with Crippen LogP contribution in [0.2, 0.25) is 19.6 Å². The lowest BCUT2D eigenvalue weighted by molar-refractivity contribution is 0.207. The minimum Gasteiger partial charge on any atom is -0.409 e. The Kier molecular flexibility index (Phi) is 5.42. The van der Waals surface area contributed by atoms with E-state index in [2.05, 4.69) is 41.8 Å². The van der Waals surface area contributed by atoms with Crippen LogP contribution in [-0.4, -0.2) is 26.1 Å². The number of hydrogen-bond donors (Lipinski definition) is 0. The second-order valence-electron chi connectivity index (χ2n) is 5.91. The summed E-state index contributed by atoms with van der Waals surface area (Å²) < 4.78 is 6.27. The summed E-state index contributed by atoms with van der Waals surface area (Å²) >= 11 is 0. The van der Waals surface area contributed by atoms with E-state index in [9.17, 15) is 0 Å². The van der Waals surface area contributed by atoms with Gasteiger partial charge < -0.3 is 4.43 Å². The van der Waals surface area contributed by atoms with Crippen LogP contribution in [-0.2, 0) is 4.43 Å². The Morgan fingerprint density at radius 3 is 2.52 bits per heavy atom. The van der Waals surface area contributed by atoms with E-state index < -0.39 is 8.32 Å². The van der Waals surface area contributed by atoms with Crippen molar-refractivity contribution in [1.82, 2.24) is 4.98 Å². The maximum Gasteiger partial charge on any atom is 0.184 e. The third-order valence-electron chi connectivity index (χ3n) is 2.86. The number of pyridine rings is 1. The molecule has 3 nitrogen and oxygen atoms in total. The minimum atomic E-state index is -1.62. The fourth-order valence-electron chi connectivity index (χ4n) is 2.01. The molecule has 0 aliphatic rings. The zero-order valence-corrected chi connectivity index (χ0v) is 13.9. The second-order valence-corrected chi connectivity index (χ2v) is 10.4. The first-order valence-electron chi connectivity index (χ1n) is 7.17. The average molecular weight is 298 g/mol. The van der Waals surface area contributed by atoms with Gasteiger partial charge in [0.2, 0.25) is 0 Å². The molecule has 1 aromatic carbocycles. The number of nitrogens with zero attached hydrogens (tertiary/aromatic N) is 2. The molecule has 0 saturated heterocycles. The van der Waals surface area contributed by atoms with Crippen LogP contribution in [0.15, 0.2) is 59.9 Å². The number of aromatic nitrogens is 1. The van der Waals surface area contributed by atoms with Gasteiger partial charge in [0.05, 0.1) is 12.6 Å². The van der Waals surface area contributed by atoms with Crippen molar-refractivity contribution in [3.05, 3.63) is 66.0 Å². The average Bonchev–Trinajstić information content (AvgIpc) is 2.47. The molecule has 110 valence electrons. The molecule has 0 N–H and O–H groups in total. The Morgan fingerprint density at radius 2 is 1.90 bits per heavy atom. The van der Waals surface area contributed by atoms with Gasteiger partial charge in [0.1, 0.15) is 0 Å². The van der Waals surface area contributed by atoms with E-state index in [0.29, 0.717) is 6.54 Å². The van der Waals surface area contributed by atoms with E-state index in [1.165, 1.54) is 5.56 Å². The van der Waals surface area contributed by atoms with Crippen LogP contribution < -0.4 is 0 Å². The smallest absolute Gasteiger partial charge is 0.184 e. The molecule has 0 radical (unpaired) electrons. The van der Waals surface area contributed by atoms with Crippen LogP contribution in [0.1, 0.15) is 17.2 Å². The molecule has 1 aromatic heterocycles. The van der Waals surface area contributed by atoms with Gasteiger partial charge in [-0.3, -0.25) is 9.98 Å². The molecule has 4 heteroatoms. The third kappa shape index (κ3) is 5.61. The van der Waals surface area contributed by atoms with E-state index in [1.807, 2.05) is 36.5 Å².